The summed E-state index contributed by atoms with van der Waals surface area (Å²) in [6.07, 6.45) is 0. The van der Waals surface area contributed by atoms with Gasteiger partial charge in [0.05, 0.1) is 17.7 Å². The highest BCUT2D eigenvalue weighted by molar-refractivity contribution is 7.17. The molecule has 4 rings (SSSR count). The van der Waals surface area contributed by atoms with Gasteiger partial charge in [0.2, 0.25) is 0 Å². The molecule has 2 heterocycles. The summed E-state index contributed by atoms with van der Waals surface area (Å²) in [6, 6.07) is 17.2. The Hall–Kier alpha value is -2.92. The van der Waals surface area contributed by atoms with Crippen molar-refractivity contribution in [3.05, 3.63) is 97.5 Å². The van der Waals surface area contributed by atoms with Gasteiger partial charge in [-0.1, -0.05) is 42.0 Å². The van der Waals surface area contributed by atoms with Gasteiger partial charge in [-0.2, -0.15) is 0 Å². The van der Waals surface area contributed by atoms with E-state index in [-0.39, 0.29) is 11.2 Å². The van der Waals surface area contributed by atoms with Crippen LogP contribution in [0.25, 0.3) is 15.9 Å². The lowest BCUT2D eigenvalue weighted by Crippen LogP contribution is -2.38. The first-order valence-electron chi connectivity index (χ1n) is 8.41. The van der Waals surface area contributed by atoms with E-state index < -0.39 is 0 Å². The summed E-state index contributed by atoms with van der Waals surface area (Å²) < 4.78 is 3.56. The molecule has 26 heavy (non-hydrogen) atoms. The predicted octanol–water partition coefficient (Wildman–Crippen LogP) is 3.88. The first-order chi connectivity index (χ1) is 12.6. The molecule has 0 N–H and O–H groups in total. The number of aromatic nitrogens is 2. The van der Waals surface area contributed by atoms with Crippen LogP contribution < -0.4 is 11.2 Å². The number of hydrogen-bond donors (Lipinski definition) is 0. The van der Waals surface area contributed by atoms with Crippen LogP contribution >= 0.6 is 11.3 Å². The number of rotatable bonds is 3. The van der Waals surface area contributed by atoms with Crippen LogP contribution in [0.1, 0.15) is 16.7 Å². The topological polar surface area (TPSA) is 44.0 Å². The standard InChI is InChI=1S/C21H18N2O2S/c1-14-8-9-15(2)16(12-14)13-22-18-10-11-26-19(18)20(24)23(21(22)25)17-6-4-3-5-7-17/h3-12H,13H2,1-2H3. The maximum atomic E-state index is 13.2. The average molecular weight is 362 g/mol. The van der Waals surface area contributed by atoms with Crippen molar-refractivity contribution in [3.63, 3.8) is 0 Å². The number of hydrogen-bond acceptors (Lipinski definition) is 3. The van der Waals surface area contributed by atoms with Gasteiger partial charge in [-0.15, -0.1) is 11.3 Å². The lowest BCUT2D eigenvalue weighted by Gasteiger charge is -2.14. The molecule has 0 aliphatic heterocycles. The van der Waals surface area contributed by atoms with Gasteiger partial charge in [0.1, 0.15) is 4.70 Å². The molecule has 4 nitrogen and oxygen atoms in total. The van der Waals surface area contributed by atoms with Crippen molar-refractivity contribution in [1.29, 1.82) is 0 Å². The molecule has 0 aliphatic carbocycles. The number of nitrogens with zero attached hydrogens (tertiary/aromatic N) is 2. The Labute approximate surface area is 154 Å². The monoisotopic (exact) mass is 362 g/mol. The molecule has 0 atom stereocenters. The van der Waals surface area contributed by atoms with Gasteiger partial charge in [0, 0.05) is 0 Å². The molecule has 0 radical (unpaired) electrons. The van der Waals surface area contributed by atoms with Gasteiger partial charge in [-0.05, 0) is 48.6 Å². The van der Waals surface area contributed by atoms with Gasteiger partial charge in [0.15, 0.2) is 0 Å². The molecule has 0 aliphatic rings. The molecule has 130 valence electrons. The van der Waals surface area contributed by atoms with E-state index in [2.05, 4.69) is 18.2 Å². The van der Waals surface area contributed by atoms with E-state index in [0.29, 0.717) is 22.4 Å². The summed E-state index contributed by atoms with van der Waals surface area (Å²) in [5, 5.41) is 1.86. The second kappa shape index (κ2) is 6.42. The van der Waals surface area contributed by atoms with Crippen molar-refractivity contribution < 1.29 is 0 Å². The summed E-state index contributed by atoms with van der Waals surface area (Å²) in [6.45, 7) is 4.52. The van der Waals surface area contributed by atoms with Crippen molar-refractivity contribution >= 4 is 21.6 Å². The molecular formula is C21H18N2O2S. The lowest BCUT2D eigenvalue weighted by atomic mass is 10.1. The number of aryl methyl sites for hydroxylation is 2. The first kappa shape index (κ1) is 16.5. The number of fused-ring (bicyclic) bond motifs is 1. The fourth-order valence-electron chi connectivity index (χ4n) is 3.19. The second-order valence-electron chi connectivity index (χ2n) is 6.41. The van der Waals surface area contributed by atoms with E-state index in [4.69, 9.17) is 0 Å². The van der Waals surface area contributed by atoms with Crippen molar-refractivity contribution in [3.8, 4) is 5.69 Å². The number of benzene rings is 2. The quantitative estimate of drug-likeness (QED) is 0.555. The van der Waals surface area contributed by atoms with Crippen molar-refractivity contribution in [1.82, 2.24) is 9.13 Å². The Bertz CT molecular complexity index is 1220. The van der Waals surface area contributed by atoms with Crippen LogP contribution in [-0.4, -0.2) is 9.13 Å². The predicted molar refractivity (Wildman–Crippen MR) is 107 cm³/mol. The van der Waals surface area contributed by atoms with Crippen molar-refractivity contribution in [2.75, 3.05) is 0 Å². The maximum absolute atomic E-state index is 13.2. The van der Waals surface area contributed by atoms with Gasteiger partial charge >= 0.3 is 5.69 Å². The van der Waals surface area contributed by atoms with Crippen LogP contribution in [-0.2, 0) is 6.54 Å². The zero-order valence-corrected chi connectivity index (χ0v) is 15.4. The third-order valence-electron chi connectivity index (χ3n) is 4.60. The van der Waals surface area contributed by atoms with E-state index in [0.717, 1.165) is 16.7 Å². The third-order valence-corrected chi connectivity index (χ3v) is 5.49. The van der Waals surface area contributed by atoms with E-state index in [1.165, 1.54) is 15.9 Å². The molecular weight excluding hydrogens is 344 g/mol. The van der Waals surface area contributed by atoms with Gasteiger partial charge < -0.3 is 0 Å². The molecule has 5 heteroatoms. The maximum Gasteiger partial charge on any atom is 0.336 e. The molecule has 4 aromatic rings. The minimum atomic E-state index is -0.312. The smallest absolute Gasteiger partial charge is 0.288 e. The van der Waals surface area contributed by atoms with E-state index in [1.54, 1.807) is 16.7 Å². The molecule has 0 bridgehead atoms. The van der Waals surface area contributed by atoms with Crippen LogP contribution in [0.5, 0.6) is 0 Å². The van der Waals surface area contributed by atoms with Gasteiger partial charge in [-0.25, -0.2) is 9.36 Å². The van der Waals surface area contributed by atoms with E-state index in [9.17, 15) is 9.59 Å². The highest BCUT2D eigenvalue weighted by Gasteiger charge is 2.16. The number of para-hydroxylation sites is 1. The van der Waals surface area contributed by atoms with Crippen LogP contribution in [0.4, 0.5) is 0 Å². The SMILES string of the molecule is Cc1ccc(C)c(Cn2c(=O)n(-c3ccccc3)c(=O)c3sccc32)c1. The summed E-state index contributed by atoms with van der Waals surface area (Å²) in [7, 11) is 0. The van der Waals surface area contributed by atoms with Gasteiger partial charge in [-0.3, -0.25) is 9.36 Å². The molecule has 0 saturated carbocycles. The molecule has 0 fully saturated rings. The largest absolute Gasteiger partial charge is 0.336 e. The first-order valence-corrected chi connectivity index (χ1v) is 9.29. The number of thiophene rings is 1. The minimum Gasteiger partial charge on any atom is -0.288 e. The summed E-state index contributed by atoms with van der Waals surface area (Å²) in [4.78, 5) is 26.1. The zero-order valence-electron chi connectivity index (χ0n) is 14.6. The molecule has 0 spiro atoms. The molecule has 0 unspecified atom stereocenters. The highest BCUT2D eigenvalue weighted by Crippen LogP contribution is 2.19. The summed E-state index contributed by atoms with van der Waals surface area (Å²) in [5.74, 6) is 0. The minimum absolute atomic E-state index is 0.261. The Morgan fingerprint density at radius 1 is 0.962 bits per heavy atom. The second-order valence-corrected chi connectivity index (χ2v) is 7.33. The normalized spacial score (nSPS) is 11.2. The fourth-order valence-corrected chi connectivity index (χ4v) is 4.01. The zero-order chi connectivity index (χ0) is 18.3. The Kier molecular flexibility index (Phi) is 4.09. The van der Waals surface area contributed by atoms with E-state index in [1.807, 2.05) is 43.5 Å². The Morgan fingerprint density at radius 3 is 2.50 bits per heavy atom. The van der Waals surface area contributed by atoms with Crippen LogP contribution in [0.2, 0.25) is 0 Å². The molecule has 2 aromatic heterocycles. The van der Waals surface area contributed by atoms with Crippen LogP contribution in [0.15, 0.2) is 69.6 Å². The third kappa shape index (κ3) is 2.70. The van der Waals surface area contributed by atoms with Crippen molar-refractivity contribution in [2.45, 2.75) is 20.4 Å². The highest BCUT2D eigenvalue weighted by atomic mass is 32.1. The average Bonchev–Trinajstić information content (AvgIpc) is 3.12. The Balaban J connectivity index is 2.01. The summed E-state index contributed by atoms with van der Waals surface area (Å²) >= 11 is 1.37. The molecule has 2 aromatic carbocycles. The van der Waals surface area contributed by atoms with Crippen LogP contribution in [0, 0.1) is 13.8 Å². The Morgan fingerprint density at radius 2 is 1.73 bits per heavy atom. The van der Waals surface area contributed by atoms with Crippen LogP contribution in [0.3, 0.4) is 0 Å². The summed E-state index contributed by atoms with van der Waals surface area (Å²) in [5.41, 5.74) is 4.07. The lowest BCUT2D eigenvalue weighted by molar-refractivity contribution is 0.713. The van der Waals surface area contributed by atoms with E-state index >= 15 is 0 Å². The molecule has 0 amide bonds. The molecule has 0 saturated heterocycles. The van der Waals surface area contributed by atoms with Crippen molar-refractivity contribution in [2.24, 2.45) is 0 Å². The fraction of sp³-hybridized carbons (Fsp3) is 0.143. The van der Waals surface area contributed by atoms with Gasteiger partial charge in [0.25, 0.3) is 5.56 Å².